The van der Waals surface area contributed by atoms with Crippen LogP contribution in [0, 0.1) is 5.82 Å². The van der Waals surface area contributed by atoms with E-state index in [1.165, 1.54) is 25.3 Å². The molecule has 0 saturated carbocycles. The topological polar surface area (TPSA) is 68.3 Å². The van der Waals surface area contributed by atoms with Crippen LogP contribution in [0.25, 0.3) is 10.9 Å². The number of rotatable bonds is 5. The average Bonchev–Trinajstić information content (AvgIpc) is 2.66. The van der Waals surface area contributed by atoms with Gasteiger partial charge in [0, 0.05) is 23.1 Å². The number of carbonyl (C=O) groups excluding carboxylic acids is 2. The number of ether oxygens (including phenoxy) is 1. The molecule has 0 saturated heterocycles. The number of hydrogen-bond acceptors (Lipinski definition) is 4. The van der Waals surface area contributed by atoms with Gasteiger partial charge in [-0.1, -0.05) is 30.3 Å². The summed E-state index contributed by atoms with van der Waals surface area (Å²) in [6, 6.07) is 15.6. The van der Waals surface area contributed by atoms with Gasteiger partial charge in [0.1, 0.15) is 11.9 Å². The summed E-state index contributed by atoms with van der Waals surface area (Å²) < 4.78 is 18.1. The van der Waals surface area contributed by atoms with Crippen LogP contribution in [-0.2, 0) is 16.0 Å². The maximum Gasteiger partial charge on any atom is 0.328 e. The number of methoxy groups -OCH3 is 1. The highest BCUT2D eigenvalue weighted by molar-refractivity contribution is 5.96. The first kappa shape index (κ1) is 17.5. The van der Waals surface area contributed by atoms with Crippen LogP contribution in [0.5, 0.6) is 0 Å². The summed E-state index contributed by atoms with van der Waals surface area (Å²) in [5, 5.41) is 3.57. The summed E-state index contributed by atoms with van der Waals surface area (Å²) in [7, 11) is 1.25. The van der Waals surface area contributed by atoms with Crippen LogP contribution in [0.15, 0.2) is 60.7 Å². The minimum atomic E-state index is -0.926. The molecule has 3 rings (SSSR count). The zero-order chi connectivity index (χ0) is 18.5. The van der Waals surface area contributed by atoms with Gasteiger partial charge in [-0.05, 0) is 30.3 Å². The molecule has 5 nitrogen and oxygen atoms in total. The van der Waals surface area contributed by atoms with Crippen LogP contribution >= 0.6 is 0 Å². The van der Waals surface area contributed by atoms with Gasteiger partial charge in [-0.25, -0.2) is 9.18 Å². The van der Waals surface area contributed by atoms with Crippen molar-refractivity contribution >= 4 is 22.8 Å². The molecule has 1 amide bonds. The van der Waals surface area contributed by atoms with Gasteiger partial charge in [0.05, 0.1) is 12.6 Å². The van der Waals surface area contributed by atoms with Gasteiger partial charge >= 0.3 is 5.97 Å². The second-order valence-corrected chi connectivity index (χ2v) is 5.76. The first-order chi connectivity index (χ1) is 12.6. The summed E-state index contributed by atoms with van der Waals surface area (Å²) in [5.74, 6) is -1.67. The quantitative estimate of drug-likeness (QED) is 0.717. The van der Waals surface area contributed by atoms with Crippen molar-refractivity contribution in [3.05, 3.63) is 77.7 Å². The molecule has 0 radical (unpaired) electrons. The van der Waals surface area contributed by atoms with E-state index in [1.807, 2.05) is 30.3 Å². The number of aromatic nitrogens is 1. The first-order valence-electron chi connectivity index (χ1n) is 8.06. The maximum absolute atomic E-state index is 13.3. The summed E-state index contributed by atoms with van der Waals surface area (Å²) >= 11 is 0. The maximum atomic E-state index is 13.3. The Kier molecular flexibility index (Phi) is 5.22. The van der Waals surface area contributed by atoms with E-state index in [1.54, 1.807) is 6.07 Å². The highest BCUT2D eigenvalue weighted by Crippen LogP contribution is 2.13. The molecule has 0 spiro atoms. The molecule has 132 valence electrons. The molecular weight excluding hydrogens is 335 g/mol. The Hall–Kier alpha value is -3.28. The number of fused-ring (bicyclic) bond motifs is 1. The molecule has 26 heavy (non-hydrogen) atoms. The Labute approximate surface area is 149 Å². The number of esters is 1. The second-order valence-electron chi connectivity index (χ2n) is 5.76. The molecule has 6 heteroatoms. The standard InChI is InChI=1S/C20H17FN2O3/c1-26-20(25)18(23-19(24)14-6-4-7-15(21)11-14)12-16-10-9-13-5-2-3-8-17(13)22-16/h2-11,18H,12H2,1H3,(H,23,24)/t18-/m1/s1. The van der Waals surface area contributed by atoms with Crippen molar-refractivity contribution in [2.24, 2.45) is 0 Å². The van der Waals surface area contributed by atoms with Gasteiger partial charge in [-0.3, -0.25) is 9.78 Å². The van der Waals surface area contributed by atoms with Gasteiger partial charge in [-0.15, -0.1) is 0 Å². The fraction of sp³-hybridized carbons (Fsp3) is 0.150. The zero-order valence-electron chi connectivity index (χ0n) is 14.1. The monoisotopic (exact) mass is 352 g/mol. The Balaban J connectivity index is 1.81. The van der Waals surface area contributed by atoms with Crippen LogP contribution in [0.4, 0.5) is 4.39 Å². The third-order valence-electron chi connectivity index (χ3n) is 3.95. The average molecular weight is 352 g/mol. The van der Waals surface area contributed by atoms with Crippen molar-refractivity contribution in [2.75, 3.05) is 7.11 Å². The van der Waals surface area contributed by atoms with E-state index in [-0.39, 0.29) is 12.0 Å². The van der Waals surface area contributed by atoms with Crippen LogP contribution in [-0.4, -0.2) is 30.0 Å². The number of benzene rings is 2. The lowest BCUT2D eigenvalue weighted by Crippen LogP contribution is -2.43. The second kappa shape index (κ2) is 7.74. The van der Waals surface area contributed by atoms with Gasteiger partial charge < -0.3 is 10.1 Å². The highest BCUT2D eigenvalue weighted by Gasteiger charge is 2.23. The number of halogens is 1. The molecule has 1 heterocycles. The molecule has 0 aliphatic carbocycles. The number of hydrogen-bond donors (Lipinski definition) is 1. The number of nitrogens with zero attached hydrogens (tertiary/aromatic N) is 1. The molecule has 0 fully saturated rings. The zero-order valence-corrected chi connectivity index (χ0v) is 14.1. The molecule has 1 N–H and O–H groups in total. The molecule has 0 aliphatic rings. The van der Waals surface area contributed by atoms with Gasteiger partial charge in [0.2, 0.25) is 0 Å². The molecule has 1 aromatic heterocycles. The number of amides is 1. The SMILES string of the molecule is COC(=O)[C@@H](Cc1ccc2ccccc2n1)NC(=O)c1cccc(F)c1. The predicted molar refractivity (Wildman–Crippen MR) is 95.1 cm³/mol. The van der Waals surface area contributed by atoms with Crippen molar-refractivity contribution < 1.29 is 18.7 Å². The Morgan fingerprint density at radius 3 is 2.69 bits per heavy atom. The van der Waals surface area contributed by atoms with E-state index in [2.05, 4.69) is 10.3 Å². The van der Waals surface area contributed by atoms with E-state index in [4.69, 9.17) is 4.74 Å². The Bertz CT molecular complexity index is 958. The Morgan fingerprint density at radius 1 is 1.12 bits per heavy atom. The molecule has 2 aromatic carbocycles. The van der Waals surface area contributed by atoms with Crippen molar-refractivity contribution in [1.82, 2.24) is 10.3 Å². The minimum absolute atomic E-state index is 0.130. The third-order valence-corrected chi connectivity index (χ3v) is 3.95. The van der Waals surface area contributed by atoms with Crippen molar-refractivity contribution in [3.8, 4) is 0 Å². The van der Waals surface area contributed by atoms with Crippen LogP contribution in [0.1, 0.15) is 16.1 Å². The minimum Gasteiger partial charge on any atom is -0.467 e. The lowest BCUT2D eigenvalue weighted by Gasteiger charge is -2.16. The fourth-order valence-electron chi connectivity index (χ4n) is 2.64. The van der Waals surface area contributed by atoms with Gasteiger partial charge in [0.15, 0.2) is 0 Å². The molecule has 0 aliphatic heterocycles. The molecule has 3 aromatic rings. The molecule has 0 bridgehead atoms. The fourth-order valence-corrected chi connectivity index (χ4v) is 2.64. The first-order valence-corrected chi connectivity index (χ1v) is 8.06. The summed E-state index contributed by atoms with van der Waals surface area (Å²) in [4.78, 5) is 28.9. The van der Waals surface area contributed by atoms with Gasteiger partial charge in [-0.2, -0.15) is 0 Å². The smallest absolute Gasteiger partial charge is 0.328 e. The van der Waals surface area contributed by atoms with Crippen molar-refractivity contribution in [3.63, 3.8) is 0 Å². The van der Waals surface area contributed by atoms with Crippen molar-refractivity contribution in [1.29, 1.82) is 0 Å². The van der Waals surface area contributed by atoms with E-state index in [9.17, 15) is 14.0 Å². The largest absolute Gasteiger partial charge is 0.467 e. The predicted octanol–water partition coefficient (Wildman–Crippen LogP) is 2.89. The lowest BCUT2D eigenvalue weighted by atomic mass is 10.1. The summed E-state index contributed by atoms with van der Waals surface area (Å²) in [6.07, 6.45) is 0.165. The number of pyridine rings is 1. The number of nitrogens with one attached hydrogen (secondary N) is 1. The number of carbonyl (C=O) groups is 2. The summed E-state index contributed by atoms with van der Waals surface area (Å²) in [5.41, 5.74) is 1.56. The van der Waals surface area contributed by atoms with E-state index < -0.39 is 23.7 Å². The van der Waals surface area contributed by atoms with Crippen LogP contribution in [0.2, 0.25) is 0 Å². The number of para-hydroxylation sites is 1. The molecule has 1 atom stereocenters. The highest BCUT2D eigenvalue weighted by atomic mass is 19.1. The van der Waals surface area contributed by atoms with E-state index in [0.717, 1.165) is 17.0 Å². The lowest BCUT2D eigenvalue weighted by molar-refractivity contribution is -0.142. The van der Waals surface area contributed by atoms with E-state index >= 15 is 0 Å². The Morgan fingerprint density at radius 2 is 1.92 bits per heavy atom. The normalized spacial score (nSPS) is 11.8. The van der Waals surface area contributed by atoms with Crippen LogP contribution < -0.4 is 5.32 Å². The summed E-state index contributed by atoms with van der Waals surface area (Å²) in [6.45, 7) is 0. The van der Waals surface area contributed by atoms with Crippen molar-refractivity contribution in [2.45, 2.75) is 12.5 Å². The van der Waals surface area contributed by atoms with Crippen LogP contribution in [0.3, 0.4) is 0 Å². The third kappa shape index (κ3) is 4.03. The van der Waals surface area contributed by atoms with Gasteiger partial charge in [0.25, 0.3) is 5.91 Å². The van der Waals surface area contributed by atoms with E-state index in [0.29, 0.717) is 5.69 Å². The molecular formula is C20H17FN2O3. The molecule has 0 unspecified atom stereocenters.